The quantitative estimate of drug-likeness (QED) is 0.356. The highest BCUT2D eigenvalue weighted by atomic mass is 32.1. The molecule has 190 valence electrons. The normalized spacial score (nSPS) is 15.8. The van der Waals surface area contributed by atoms with E-state index in [1.165, 1.54) is 10.4 Å². The summed E-state index contributed by atoms with van der Waals surface area (Å²) in [6.45, 7) is 9.98. The third-order valence-electron chi connectivity index (χ3n) is 7.01. The van der Waals surface area contributed by atoms with Crippen molar-refractivity contribution in [2.24, 2.45) is 5.92 Å². The van der Waals surface area contributed by atoms with E-state index < -0.39 is 0 Å². The van der Waals surface area contributed by atoms with Crippen LogP contribution in [0.3, 0.4) is 0 Å². The van der Waals surface area contributed by atoms with Crippen molar-refractivity contribution in [2.75, 3.05) is 26.2 Å². The highest BCUT2D eigenvalue weighted by Crippen LogP contribution is 2.34. The zero-order valence-electron chi connectivity index (χ0n) is 21.7. The molecule has 0 fully saturated rings. The van der Waals surface area contributed by atoms with Gasteiger partial charge >= 0.3 is 0 Å². The van der Waals surface area contributed by atoms with E-state index in [1.54, 1.807) is 16.2 Å². The molecule has 4 rings (SSSR count). The zero-order chi connectivity index (χ0) is 25.7. The molecule has 1 aliphatic rings. The average molecular weight is 505 g/mol. The number of thiophene rings is 1. The van der Waals surface area contributed by atoms with E-state index >= 15 is 0 Å². The Morgan fingerprint density at radius 1 is 1.14 bits per heavy atom. The molecule has 6 heteroatoms. The number of ether oxygens (including phenoxy) is 1. The molecule has 2 amide bonds. The maximum absolute atomic E-state index is 13.8. The average Bonchev–Trinajstić information content (AvgIpc) is 3.37. The van der Waals surface area contributed by atoms with Crippen molar-refractivity contribution >= 4 is 23.2 Å². The lowest BCUT2D eigenvalue weighted by Crippen LogP contribution is -2.48. The standard InChI is InChI=1S/C30H36N2O3S/c1-5-21(2)18-31(30(34)24-9-7-6-8-10-24)19-29(33)32-15-13-28-25(14-16-36-28)26(32)20-35-27-12-11-22(3)17-23(27)4/h6-12,14,16-17,21,26H,5,13,15,18-20H2,1-4H3/t21-,26-/m0/s1. The summed E-state index contributed by atoms with van der Waals surface area (Å²) < 4.78 is 6.27. The molecule has 1 aliphatic heterocycles. The van der Waals surface area contributed by atoms with Crippen LogP contribution in [0.1, 0.15) is 58.2 Å². The number of aryl methyl sites for hydroxylation is 2. The van der Waals surface area contributed by atoms with E-state index in [0.717, 1.165) is 29.7 Å². The third kappa shape index (κ3) is 5.98. The Bertz CT molecular complexity index is 1190. The number of amides is 2. The van der Waals surface area contributed by atoms with Gasteiger partial charge in [-0.1, -0.05) is 56.2 Å². The van der Waals surface area contributed by atoms with Gasteiger partial charge in [0.1, 0.15) is 18.9 Å². The SMILES string of the molecule is CC[C@H](C)CN(CC(=O)N1CCc2sccc2[C@@H]1COc1ccc(C)cc1C)C(=O)c1ccccc1. The van der Waals surface area contributed by atoms with Crippen LogP contribution in [0.25, 0.3) is 0 Å². The van der Waals surface area contributed by atoms with Gasteiger partial charge in [0.15, 0.2) is 0 Å². The molecule has 0 aliphatic carbocycles. The van der Waals surface area contributed by atoms with E-state index in [-0.39, 0.29) is 24.4 Å². The van der Waals surface area contributed by atoms with Crippen molar-refractivity contribution in [1.29, 1.82) is 0 Å². The molecule has 36 heavy (non-hydrogen) atoms. The summed E-state index contributed by atoms with van der Waals surface area (Å²) in [5.41, 5.74) is 4.05. The second-order valence-corrected chi connectivity index (χ2v) is 10.8. The second-order valence-electron chi connectivity index (χ2n) is 9.80. The van der Waals surface area contributed by atoms with Gasteiger partial charge in [0.25, 0.3) is 5.91 Å². The predicted octanol–water partition coefficient (Wildman–Crippen LogP) is 6.06. The van der Waals surface area contributed by atoms with Crippen LogP contribution in [0.5, 0.6) is 5.75 Å². The fourth-order valence-corrected chi connectivity index (χ4v) is 5.67. The van der Waals surface area contributed by atoms with Gasteiger partial charge in [-0.3, -0.25) is 9.59 Å². The van der Waals surface area contributed by atoms with Gasteiger partial charge in [-0.25, -0.2) is 0 Å². The molecule has 0 unspecified atom stereocenters. The highest BCUT2D eigenvalue weighted by Gasteiger charge is 2.34. The van der Waals surface area contributed by atoms with E-state index in [2.05, 4.69) is 38.3 Å². The zero-order valence-corrected chi connectivity index (χ0v) is 22.5. The smallest absolute Gasteiger partial charge is 0.254 e. The molecule has 0 saturated carbocycles. The fourth-order valence-electron chi connectivity index (χ4n) is 4.75. The lowest BCUT2D eigenvalue weighted by atomic mass is 10.00. The Balaban J connectivity index is 1.55. The summed E-state index contributed by atoms with van der Waals surface area (Å²) in [6, 6.07) is 17.3. The topological polar surface area (TPSA) is 49.9 Å². The molecule has 1 aromatic heterocycles. The number of carbonyl (C=O) groups excluding carboxylic acids is 2. The molecule has 5 nitrogen and oxygen atoms in total. The molecule has 0 saturated heterocycles. The number of fused-ring (bicyclic) bond motifs is 1. The molecule has 2 atom stereocenters. The first kappa shape index (κ1) is 26.0. The first-order valence-corrected chi connectivity index (χ1v) is 13.7. The summed E-state index contributed by atoms with van der Waals surface area (Å²) in [4.78, 5) is 32.1. The molecule has 0 N–H and O–H groups in total. The Labute approximate surface area is 218 Å². The molecular weight excluding hydrogens is 468 g/mol. The summed E-state index contributed by atoms with van der Waals surface area (Å²) in [7, 11) is 0. The van der Waals surface area contributed by atoms with E-state index in [1.807, 2.05) is 54.3 Å². The monoisotopic (exact) mass is 504 g/mol. The van der Waals surface area contributed by atoms with Crippen LogP contribution in [-0.4, -0.2) is 47.9 Å². The van der Waals surface area contributed by atoms with Crippen LogP contribution in [0, 0.1) is 19.8 Å². The van der Waals surface area contributed by atoms with Crippen LogP contribution < -0.4 is 4.74 Å². The van der Waals surface area contributed by atoms with Crippen LogP contribution in [0.15, 0.2) is 60.0 Å². The molecule has 0 spiro atoms. The van der Waals surface area contributed by atoms with Crippen LogP contribution >= 0.6 is 11.3 Å². The largest absolute Gasteiger partial charge is 0.491 e. The van der Waals surface area contributed by atoms with E-state index in [4.69, 9.17) is 4.74 Å². The number of nitrogens with zero attached hydrogens (tertiary/aromatic N) is 2. The Kier molecular flexibility index (Phi) is 8.47. The molecule has 3 aromatic rings. The molecule has 0 radical (unpaired) electrons. The maximum atomic E-state index is 13.8. The van der Waals surface area contributed by atoms with Crippen molar-refractivity contribution in [3.63, 3.8) is 0 Å². The van der Waals surface area contributed by atoms with Gasteiger partial charge in [0, 0.05) is 23.5 Å². The summed E-state index contributed by atoms with van der Waals surface area (Å²) in [5.74, 6) is 1.01. The minimum atomic E-state index is -0.175. The lowest BCUT2D eigenvalue weighted by molar-refractivity contribution is -0.135. The molecule has 0 bridgehead atoms. The van der Waals surface area contributed by atoms with Crippen molar-refractivity contribution in [3.05, 3.63) is 87.1 Å². The Morgan fingerprint density at radius 2 is 1.92 bits per heavy atom. The lowest BCUT2D eigenvalue weighted by Gasteiger charge is -2.37. The minimum Gasteiger partial charge on any atom is -0.491 e. The number of benzene rings is 2. The predicted molar refractivity (Wildman–Crippen MR) is 146 cm³/mol. The van der Waals surface area contributed by atoms with Crippen LogP contribution in [-0.2, 0) is 11.2 Å². The van der Waals surface area contributed by atoms with Gasteiger partial charge in [-0.05, 0) is 67.0 Å². The minimum absolute atomic E-state index is 0.0336. The molecule has 2 aromatic carbocycles. The second kappa shape index (κ2) is 11.7. The van der Waals surface area contributed by atoms with Crippen LogP contribution in [0.2, 0.25) is 0 Å². The first-order valence-electron chi connectivity index (χ1n) is 12.8. The van der Waals surface area contributed by atoms with Gasteiger partial charge in [0.05, 0.1) is 6.04 Å². The molecular formula is C30H36N2O3S. The maximum Gasteiger partial charge on any atom is 0.254 e. The van der Waals surface area contributed by atoms with Crippen molar-refractivity contribution in [1.82, 2.24) is 9.80 Å². The summed E-state index contributed by atoms with van der Waals surface area (Å²) in [6.07, 6.45) is 1.78. The summed E-state index contributed by atoms with van der Waals surface area (Å²) in [5, 5.41) is 2.09. The van der Waals surface area contributed by atoms with Gasteiger partial charge < -0.3 is 14.5 Å². The number of carbonyl (C=O) groups is 2. The van der Waals surface area contributed by atoms with Crippen molar-refractivity contribution in [3.8, 4) is 5.75 Å². The number of rotatable bonds is 9. The van der Waals surface area contributed by atoms with Gasteiger partial charge in [-0.2, -0.15) is 0 Å². The van der Waals surface area contributed by atoms with E-state index in [9.17, 15) is 9.59 Å². The number of hydrogen-bond donors (Lipinski definition) is 0. The highest BCUT2D eigenvalue weighted by molar-refractivity contribution is 7.10. The molecule has 2 heterocycles. The summed E-state index contributed by atoms with van der Waals surface area (Å²) >= 11 is 1.74. The first-order chi connectivity index (χ1) is 17.4. The Hall–Kier alpha value is -3.12. The van der Waals surface area contributed by atoms with E-state index in [0.29, 0.717) is 31.2 Å². The van der Waals surface area contributed by atoms with Crippen molar-refractivity contribution in [2.45, 2.75) is 46.6 Å². The fraction of sp³-hybridized carbons (Fsp3) is 0.400. The van der Waals surface area contributed by atoms with Gasteiger partial charge in [-0.15, -0.1) is 11.3 Å². The van der Waals surface area contributed by atoms with Crippen molar-refractivity contribution < 1.29 is 14.3 Å². The van der Waals surface area contributed by atoms with Crippen LogP contribution in [0.4, 0.5) is 0 Å². The third-order valence-corrected chi connectivity index (χ3v) is 8.00. The Morgan fingerprint density at radius 3 is 2.64 bits per heavy atom. The van der Waals surface area contributed by atoms with Gasteiger partial charge in [0.2, 0.25) is 5.91 Å². The number of hydrogen-bond acceptors (Lipinski definition) is 4.